The van der Waals surface area contributed by atoms with Crippen molar-refractivity contribution in [1.82, 2.24) is 0 Å². The molecule has 0 spiro atoms. The van der Waals surface area contributed by atoms with Crippen molar-refractivity contribution in [1.29, 1.82) is 0 Å². The van der Waals surface area contributed by atoms with Crippen molar-refractivity contribution in [2.75, 3.05) is 0 Å². The van der Waals surface area contributed by atoms with Crippen molar-refractivity contribution in [3.8, 4) is 0 Å². The highest BCUT2D eigenvalue weighted by molar-refractivity contribution is 5.66. The number of aliphatic carboxylic acids is 1. The van der Waals surface area contributed by atoms with Gasteiger partial charge in [0, 0.05) is 6.42 Å². The Bertz CT molecular complexity index is 353. The fraction of sp³-hybridized carbons (Fsp3) is 0.682. The molecule has 0 rings (SSSR count). The van der Waals surface area contributed by atoms with E-state index in [1.54, 1.807) is 0 Å². The SMILES string of the molecule is CCCCCC=CCC=CC/C=C\CCCCCCCCC(=O)O. The summed E-state index contributed by atoms with van der Waals surface area (Å²) in [6.07, 6.45) is 29.2. The van der Waals surface area contributed by atoms with Gasteiger partial charge in [0.05, 0.1) is 0 Å². The molecule has 0 saturated heterocycles. The molecule has 0 amide bonds. The lowest BCUT2D eigenvalue weighted by molar-refractivity contribution is -0.137. The van der Waals surface area contributed by atoms with Gasteiger partial charge in [-0.05, 0) is 44.9 Å². The minimum absolute atomic E-state index is 0.324. The van der Waals surface area contributed by atoms with Crippen LogP contribution in [-0.4, -0.2) is 11.1 Å². The first-order valence-corrected chi connectivity index (χ1v) is 9.94. The van der Waals surface area contributed by atoms with Crippen LogP contribution in [0.2, 0.25) is 0 Å². The molecule has 0 aliphatic heterocycles. The number of carbonyl (C=O) groups is 1. The molecule has 0 radical (unpaired) electrons. The van der Waals surface area contributed by atoms with Gasteiger partial charge >= 0.3 is 5.97 Å². The van der Waals surface area contributed by atoms with Crippen LogP contribution in [0.5, 0.6) is 0 Å². The highest BCUT2D eigenvalue weighted by Gasteiger charge is 1.96. The maximum Gasteiger partial charge on any atom is 0.303 e. The summed E-state index contributed by atoms with van der Waals surface area (Å²) in [6.45, 7) is 2.24. The van der Waals surface area contributed by atoms with Crippen molar-refractivity contribution in [3.05, 3.63) is 36.5 Å². The number of allylic oxidation sites excluding steroid dienone is 6. The monoisotopic (exact) mass is 334 g/mol. The normalized spacial score (nSPS) is 12.0. The molecule has 2 heteroatoms. The van der Waals surface area contributed by atoms with Crippen molar-refractivity contribution in [3.63, 3.8) is 0 Å². The van der Waals surface area contributed by atoms with E-state index >= 15 is 0 Å². The fourth-order valence-corrected chi connectivity index (χ4v) is 2.54. The first-order chi connectivity index (χ1) is 11.8. The molecule has 0 unspecified atom stereocenters. The lowest BCUT2D eigenvalue weighted by Gasteiger charge is -1.99. The molecular formula is C22H38O2. The number of hydrogen-bond donors (Lipinski definition) is 1. The first kappa shape index (κ1) is 22.7. The summed E-state index contributed by atoms with van der Waals surface area (Å²) in [4.78, 5) is 10.4. The smallest absolute Gasteiger partial charge is 0.303 e. The van der Waals surface area contributed by atoms with E-state index in [0.29, 0.717) is 6.42 Å². The third-order valence-corrected chi connectivity index (χ3v) is 4.03. The van der Waals surface area contributed by atoms with E-state index in [9.17, 15) is 4.79 Å². The van der Waals surface area contributed by atoms with Crippen molar-refractivity contribution < 1.29 is 9.90 Å². The second-order valence-electron chi connectivity index (χ2n) is 6.44. The maximum absolute atomic E-state index is 10.4. The van der Waals surface area contributed by atoms with Gasteiger partial charge in [-0.3, -0.25) is 4.79 Å². The molecule has 0 fully saturated rings. The number of carboxylic acids is 1. The lowest BCUT2D eigenvalue weighted by atomic mass is 10.1. The van der Waals surface area contributed by atoms with Crippen LogP contribution >= 0.6 is 0 Å². The summed E-state index contributed by atoms with van der Waals surface area (Å²) in [5.74, 6) is -0.669. The van der Waals surface area contributed by atoms with E-state index in [-0.39, 0.29) is 0 Å². The van der Waals surface area contributed by atoms with E-state index in [1.807, 2.05) is 0 Å². The summed E-state index contributed by atoms with van der Waals surface area (Å²) >= 11 is 0. The van der Waals surface area contributed by atoms with Gasteiger partial charge in [0.1, 0.15) is 0 Å². The predicted molar refractivity (Wildman–Crippen MR) is 105 cm³/mol. The summed E-state index contributed by atoms with van der Waals surface area (Å²) < 4.78 is 0. The molecule has 0 aromatic carbocycles. The first-order valence-electron chi connectivity index (χ1n) is 9.94. The summed E-state index contributed by atoms with van der Waals surface area (Å²) in [5.41, 5.74) is 0. The van der Waals surface area contributed by atoms with E-state index < -0.39 is 5.97 Å². The lowest BCUT2D eigenvalue weighted by Crippen LogP contribution is -1.93. The van der Waals surface area contributed by atoms with Gasteiger partial charge in [0.2, 0.25) is 0 Å². The zero-order chi connectivity index (χ0) is 17.7. The minimum atomic E-state index is -0.669. The highest BCUT2D eigenvalue weighted by atomic mass is 16.4. The van der Waals surface area contributed by atoms with Crippen molar-refractivity contribution in [2.24, 2.45) is 0 Å². The third-order valence-electron chi connectivity index (χ3n) is 4.03. The second-order valence-corrected chi connectivity index (χ2v) is 6.44. The van der Waals surface area contributed by atoms with Crippen LogP contribution in [0.3, 0.4) is 0 Å². The average molecular weight is 335 g/mol. The summed E-state index contributed by atoms with van der Waals surface area (Å²) in [5, 5.41) is 8.54. The van der Waals surface area contributed by atoms with Gasteiger partial charge in [0.15, 0.2) is 0 Å². The Balaban J connectivity index is 3.26. The number of unbranched alkanes of at least 4 members (excludes halogenated alkanes) is 9. The molecule has 0 aliphatic carbocycles. The molecule has 0 bridgehead atoms. The maximum atomic E-state index is 10.4. The van der Waals surface area contributed by atoms with Gasteiger partial charge < -0.3 is 5.11 Å². The van der Waals surface area contributed by atoms with E-state index in [2.05, 4.69) is 43.4 Å². The zero-order valence-corrected chi connectivity index (χ0v) is 15.7. The van der Waals surface area contributed by atoms with Gasteiger partial charge in [-0.1, -0.05) is 81.9 Å². The quantitative estimate of drug-likeness (QED) is 0.225. The van der Waals surface area contributed by atoms with Crippen LogP contribution in [0, 0.1) is 0 Å². The topological polar surface area (TPSA) is 37.3 Å². The van der Waals surface area contributed by atoms with Crippen LogP contribution < -0.4 is 0 Å². The van der Waals surface area contributed by atoms with Crippen LogP contribution in [0.25, 0.3) is 0 Å². The average Bonchev–Trinajstić information content (AvgIpc) is 2.56. The Morgan fingerprint density at radius 1 is 0.667 bits per heavy atom. The third kappa shape index (κ3) is 20.7. The Labute approximate surface area is 149 Å². The van der Waals surface area contributed by atoms with Gasteiger partial charge in [0.25, 0.3) is 0 Å². The van der Waals surface area contributed by atoms with E-state index in [4.69, 9.17) is 5.11 Å². The molecule has 0 aliphatic rings. The highest BCUT2D eigenvalue weighted by Crippen LogP contribution is 2.09. The predicted octanol–water partition coefficient (Wildman–Crippen LogP) is 7.22. The Morgan fingerprint density at radius 2 is 1.12 bits per heavy atom. The molecule has 0 saturated carbocycles. The van der Waals surface area contributed by atoms with E-state index in [1.165, 1.54) is 57.8 Å². The standard InChI is InChI=1S/C22H38O2/c1-2-3-4-5-6-7-8-9-10-11-12-13-14-15-16-17-18-19-20-21-22(23)24/h6-7,9-10,12-13H,2-5,8,11,14-21H2,1H3,(H,23,24)/b7-6?,10-9?,13-12-. The number of carboxylic acid groups (broad SMARTS) is 1. The van der Waals surface area contributed by atoms with Crippen molar-refractivity contribution in [2.45, 2.75) is 96.8 Å². The summed E-state index contributed by atoms with van der Waals surface area (Å²) in [6, 6.07) is 0. The molecule has 138 valence electrons. The molecule has 1 N–H and O–H groups in total. The molecule has 0 aromatic heterocycles. The van der Waals surface area contributed by atoms with E-state index in [0.717, 1.165) is 25.7 Å². The zero-order valence-electron chi connectivity index (χ0n) is 15.7. The Morgan fingerprint density at radius 3 is 1.67 bits per heavy atom. The molecule has 0 atom stereocenters. The molecule has 0 heterocycles. The number of rotatable bonds is 17. The fourth-order valence-electron chi connectivity index (χ4n) is 2.54. The largest absolute Gasteiger partial charge is 0.481 e. The van der Waals surface area contributed by atoms with Crippen LogP contribution in [0.4, 0.5) is 0 Å². The minimum Gasteiger partial charge on any atom is -0.481 e. The Hall–Kier alpha value is -1.31. The molecule has 0 aromatic rings. The second kappa shape index (κ2) is 19.7. The molecule has 2 nitrogen and oxygen atoms in total. The molecular weight excluding hydrogens is 296 g/mol. The van der Waals surface area contributed by atoms with Gasteiger partial charge in [-0.2, -0.15) is 0 Å². The summed E-state index contributed by atoms with van der Waals surface area (Å²) in [7, 11) is 0. The van der Waals surface area contributed by atoms with Crippen LogP contribution in [-0.2, 0) is 4.79 Å². The number of hydrogen-bond acceptors (Lipinski definition) is 1. The van der Waals surface area contributed by atoms with Crippen molar-refractivity contribution >= 4 is 5.97 Å². The van der Waals surface area contributed by atoms with Crippen LogP contribution in [0.15, 0.2) is 36.5 Å². The molecule has 24 heavy (non-hydrogen) atoms. The van der Waals surface area contributed by atoms with Gasteiger partial charge in [-0.15, -0.1) is 0 Å². The Kier molecular flexibility index (Phi) is 18.7. The van der Waals surface area contributed by atoms with Crippen LogP contribution in [0.1, 0.15) is 96.8 Å². The van der Waals surface area contributed by atoms with Gasteiger partial charge in [-0.25, -0.2) is 0 Å².